The molecule has 0 saturated carbocycles. The highest BCUT2D eigenvalue weighted by Crippen LogP contribution is 2.22. The number of nitrogens with zero attached hydrogens (tertiary/aromatic N) is 4. The van der Waals surface area contributed by atoms with Crippen molar-refractivity contribution in [3.8, 4) is 12.1 Å². The fourth-order valence-corrected chi connectivity index (χ4v) is 3.11. The van der Waals surface area contributed by atoms with Gasteiger partial charge in [-0.1, -0.05) is 18.2 Å². The molecule has 4 heteroatoms. The summed E-state index contributed by atoms with van der Waals surface area (Å²) >= 11 is 0. The van der Waals surface area contributed by atoms with Gasteiger partial charge in [-0.2, -0.15) is 10.5 Å². The number of para-hydroxylation sites is 1. The van der Waals surface area contributed by atoms with E-state index in [2.05, 4.69) is 53.3 Å². The van der Waals surface area contributed by atoms with Crippen molar-refractivity contribution in [2.45, 2.75) is 31.7 Å². The van der Waals surface area contributed by atoms with Crippen LogP contribution in [0.4, 0.5) is 5.69 Å². The fourth-order valence-electron chi connectivity index (χ4n) is 3.11. The van der Waals surface area contributed by atoms with Crippen LogP contribution in [-0.4, -0.2) is 37.6 Å². The van der Waals surface area contributed by atoms with Gasteiger partial charge in [0, 0.05) is 44.8 Å². The Hall–Kier alpha value is -2.04. The Labute approximate surface area is 133 Å². The number of likely N-dealkylation sites (tertiary alicyclic amines) is 1. The lowest BCUT2D eigenvalue weighted by Crippen LogP contribution is -2.44. The first kappa shape index (κ1) is 16.3. The van der Waals surface area contributed by atoms with Crippen molar-refractivity contribution in [1.82, 2.24) is 4.90 Å². The van der Waals surface area contributed by atoms with E-state index in [1.807, 2.05) is 6.07 Å². The third-order valence-electron chi connectivity index (χ3n) is 4.53. The number of piperidine rings is 1. The van der Waals surface area contributed by atoms with Crippen LogP contribution >= 0.6 is 0 Å². The summed E-state index contributed by atoms with van der Waals surface area (Å²) in [5, 5.41) is 17.8. The quantitative estimate of drug-likeness (QED) is 0.809. The summed E-state index contributed by atoms with van der Waals surface area (Å²) < 4.78 is 0. The van der Waals surface area contributed by atoms with E-state index in [9.17, 15) is 5.26 Å². The van der Waals surface area contributed by atoms with Crippen LogP contribution in [0.1, 0.15) is 25.7 Å². The zero-order chi connectivity index (χ0) is 15.8. The van der Waals surface area contributed by atoms with Crippen LogP contribution in [0.2, 0.25) is 0 Å². The molecule has 0 radical (unpaired) electrons. The van der Waals surface area contributed by atoms with Crippen molar-refractivity contribution in [1.29, 1.82) is 10.5 Å². The number of nitriles is 2. The average molecular weight is 296 g/mol. The van der Waals surface area contributed by atoms with Crippen molar-refractivity contribution in [2.24, 2.45) is 5.92 Å². The number of hydrogen-bond acceptors (Lipinski definition) is 4. The lowest BCUT2D eigenvalue weighted by atomic mass is 9.99. The van der Waals surface area contributed by atoms with Gasteiger partial charge in [0.15, 0.2) is 0 Å². The topological polar surface area (TPSA) is 54.1 Å². The molecule has 22 heavy (non-hydrogen) atoms. The van der Waals surface area contributed by atoms with Gasteiger partial charge in [0.05, 0.1) is 18.1 Å². The Bertz CT molecular complexity index is 520. The molecule has 1 saturated heterocycles. The Morgan fingerprint density at radius 1 is 1.23 bits per heavy atom. The molecule has 0 aromatic heterocycles. The summed E-state index contributed by atoms with van der Waals surface area (Å²) in [4.78, 5) is 4.75. The highest BCUT2D eigenvalue weighted by atomic mass is 15.2. The largest absolute Gasteiger partial charge is 0.372 e. The lowest BCUT2D eigenvalue weighted by Gasteiger charge is -2.38. The number of anilines is 1. The van der Waals surface area contributed by atoms with Gasteiger partial charge in [0.1, 0.15) is 0 Å². The first-order chi connectivity index (χ1) is 10.7. The van der Waals surface area contributed by atoms with Crippen molar-refractivity contribution in [3.63, 3.8) is 0 Å². The van der Waals surface area contributed by atoms with Crippen LogP contribution in [0.15, 0.2) is 30.3 Å². The number of benzene rings is 1. The van der Waals surface area contributed by atoms with Crippen LogP contribution in [0.3, 0.4) is 0 Å². The van der Waals surface area contributed by atoms with Gasteiger partial charge < -0.3 is 9.80 Å². The van der Waals surface area contributed by atoms with E-state index in [0.29, 0.717) is 18.9 Å². The molecule has 1 fully saturated rings. The van der Waals surface area contributed by atoms with E-state index in [1.165, 1.54) is 5.69 Å². The molecular weight excluding hydrogens is 272 g/mol. The zero-order valence-electron chi connectivity index (χ0n) is 13.3. The maximum atomic E-state index is 9.18. The van der Waals surface area contributed by atoms with E-state index >= 15 is 0 Å². The Morgan fingerprint density at radius 3 is 2.50 bits per heavy atom. The van der Waals surface area contributed by atoms with Gasteiger partial charge in [-0.05, 0) is 31.4 Å². The molecule has 0 aliphatic carbocycles. The predicted molar refractivity (Wildman–Crippen MR) is 88.3 cm³/mol. The predicted octanol–water partition coefficient (Wildman–Crippen LogP) is 3.03. The molecule has 0 unspecified atom stereocenters. The first-order valence-corrected chi connectivity index (χ1v) is 8.01. The summed E-state index contributed by atoms with van der Waals surface area (Å²) in [7, 11) is 2.17. The fraction of sp³-hybridized carbons (Fsp3) is 0.556. The van der Waals surface area contributed by atoms with Crippen molar-refractivity contribution >= 4 is 5.69 Å². The normalized spacial score (nSPS) is 17.4. The summed E-state index contributed by atoms with van der Waals surface area (Å²) in [6.07, 6.45) is 3.42. The maximum absolute atomic E-state index is 9.18. The molecular formula is C18H24N4. The second-order valence-corrected chi connectivity index (χ2v) is 6.00. The second-order valence-electron chi connectivity index (χ2n) is 6.00. The average Bonchev–Trinajstić information content (AvgIpc) is 2.59. The molecule has 2 rings (SSSR count). The molecule has 1 aromatic carbocycles. The lowest BCUT2D eigenvalue weighted by molar-refractivity contribution is 0.192. The number of hydrogen-bond donors (Lipinski definition) is 0. The molecule has 0 amide bonds. The van der Waals surface area contributed by atoms with Gasteiger partial charge in [0.2, 0.25) is 0 Å². The molecule has 1 heterocycles. The Kier molecular flexibility index (Phi) is 6.25. The van der Waals surface area contributed by atoms with Crippen molar-refractivity contribution < 1.29 is 0 Å². The maximum Gasteiger partial charge on any atom is 0.0669 e. The summed E-state index contributed by atoms with van der Waals surface area (Å²) in [6, 6.07) is 15.5. The van der Waals surface area contributed by atoms with Crippen LogP contribution in [0.5, 0.6) is 0 Å². The highest BCUT2D eigenvalue weighted by molar-refractivity contribution is 5.46. The minimum atomic E-state index is -0.0111. The van der Waals surface area contributed by atoms with Crippen molar-refractivity contribution in [2.75, 3.05) is 31.6 Å². The smallest absolute Gasteiger partial charge is 0.0669 e. The minimum absolute atomic E-state index is 0.0111. The highest BCUT2D eigenvalue weighted by Gasteiger charge is 2.24. The molecule has 0 spiro atoms. The van der Waals surface area contributed by atoms with Crippen LogP contribution in [0.25, 0.3) is 0 Å². The van der Waals surface area contributed by atoms with E-state index < -0.39 is 0 Å². The van der Waals surface area contributed by atoms with Gasteiger partial charge in [0.25, 0.3) is 0 Å². The van der Waals surface area contributed by atoms with Crippen LogP contribution < -0.4 is 4.90 Å². The van der Waals surface area contributed by atoms with E-state index in [4.69, 9.17) is 5.26 Å². The molecule has 0 N–H and O–H groups in total. The van der Waals surface area contributed by atoms with Crippen molar-refractivity contribution in [3.05, 3.63) is 30.3 Å². The summed E-state index contributed by atoms with van der Waals surface area (Å²) in [5.74, 6) is -0.0111. The van der Waals surface area contributed by atoms with E-state index in [0.717, 1.165) is 32.5 Å². The molecule has 116 valence electrons. The third kappa shape index (κ3) is 4.48. The van der Waals surface area contributed by atoms with Gasteiger partial charge in [-0.25, -0.2) is 0 Å². The van der Waals surface area contributed by atoms with E-state index in [-0.39, 0.29) is 5.92 Å². The monoisotopic (exact) mass is 296 g/mol. The van der Waals surface area contributed by atoms with Gasteiger partial charge in [-0.3, -0.25) is 0 Å². The zero-order valence-corrected chi connectivity index (χ0v) is 13.3. The molecule has 4 nitrogen and oxygen atoms in total. The van der Waals surface area contributed by atoms with Crippen LogP contribution in [0, 0.1) is 28.6 Å². The molecule has 1 aliphatic heterocycles. The molecule has 1 aliphatic rings. The first-order valence-electron chi connectivity index (χ1n) is 8.01. The molecule has 0 bridgehead atoms. The SMILES string of the molecule is CN(c1ccccc1)C1CCN(C[C@H](C#N)CCC#N)CC1. The summed E-state index contributed by atoms with van der Waals surface area (Å²) in [6.45, 7) is 2.87. The minimum Gasteiger partial charge on any atom is -0.372 e. The van der Waals surface area contributed by atoms with Crippen LogP contribution in [-0.2, 0) is 0 Å². The Balaban J connectivity index is 1.80. The Morgan fingerprint density at radius 2 is 1.91 bits per heavy atom. The number of rotatable bonds is 6. The van der Waals surface area contributed by atoms with Gasteiger partial charge in [-0.15, -0.1) is 0 Å². The molecule has 1 atom stereocenters. The third-order valence-corrected chi connectivity index (χ3v) is 4.53. The molecule has 1 aromatic rings. The standard InChI is InChI=1S/C18H24N4/c1-21(17-7-3-2-4-8-17)18-9-12-22(13-10-18)15-16(14-20)6-5-11-19/h2-4,7-8,16,18H,5-6,9-10,12-13,15H2,1H3/t16-/m0/s1. The van der Waals surface area contributed by atoms with E-state index in [1.54, 1.807) is 0 Å². The second kappa shape index (κ2) is 8.41. The summed E-state index contributed by atoms with van der Waals surface area (Å²) in [5.41, 5.74) is 1.27. The van der Waals surface area contributed by atoms with Gasteiger partial charge >= 0.3 is 0 Å².